The third-order valence-electron chi connectivity index (χ3n) is 4.30. The lowest BCUT2D eigenvalue weighted by atomic mass is 9.79. The van der Waals surface area contributed by atoms with Crippen LogP contribution in [0.5, 0.6) is 0 Å². The molecule has 3 atom stereocenters. The summed E-state index contributed by atoms with van der Waals surface area (Å²) in [5.41, 5.74) is 0.990. The highest BCUT2D eigenvalue weighted by Gasteiger charge is 2.24. The molecule has 0 aromatic carbocycles. The molecule has 19 heavy (non-hydrogen) atoms. The summed E-state index contributed by atoms with van der Waals surface area (Å²) in [7, 11) is 0. The van der Waals surface area contributed by atoms with Crippen LogP contribution in [0.25, 0.3) is 0 Å². The third-order valence-corrected chi connectivity index (χ3v) is 4.30. The molecule has 5 heteroatoms. The van der Waals surface area contributed by atoms with Gasteiger partial charge in [0.05, 0.1) is 5.69 Å². The Kier molecular flexibility index (Phi) is 5.34. The Labute approximate surface area is 115 Å². The highest BCUT2D eigenvalue weighted by molar-refractivity contribution is 4.93. The van der Waals surface area contributed by atoms with Crippen molar-refractivity contribution in [1.29, 1.82) is 0 Å². The summed E-state index contributed by atoms with van der Waals surface area (Å²) in [6.45, 7) is 6.44. The second kappa shape index (κ2) is 7.01. The molecule has 0 radical (unpaired) electrons. The van der Waals surface area contributed by atoms with Gasteiger partial charge in [-0.15, -0.1) is 5.10 Å². The van der Waals surface area contributed by atoms with Gasteiger partial charge >= 0.3 is 0 Å². The van der Waals surface area contributed by atoms with Crippen LogP contribution in [-0.2, 0) is 13.1 Å². The van der Waals surface area contributed by atoms with Crippen molar-refractivity contribution in [2.75, 3.05) is 6.61 Å². The number of aliphatic hydroxyl groups excluding tert-OH is 1. The van der Waals surface area contributed by atoms with E-state index in [1.54, 1.807) is 4.68 Å². The molecule has 5 nitrogen and oxygen atoms in total. The molecule has 1 aliphatic carbocycles. The van der Waals surface area contributed by atoms with Gasteiger partial charge in [0, 0.05) is 31.9 Å². The zero-order valence-electron chi connectivity index (χ0n) is 12.0. The van der Waals surface area contributed by atoms with Gasteiger partial charge in [-0.2, -0.15) is 0 Å². The summed E-state index contributed by atoms with van der Waals surface area (Å²) in [6.07, 6.45) is 6.55. The molecule has 108 valence electrons. The van der Waals surface area contributed by atoms with Gasteiger partial charge in [-0.05, 0) is 37.5 Å². The monoisotopic (exact) mass is 266 g/mol. The van der Waals surface area contributed by atoms with E-state index in [1.165, 1.54) is 19.3 Å². The SMILES string of the molecule is CC1CCC(NCc2cn(CCCO)nn2)CC1C. The molecule has 1 aromatic rings. The van der Waals surface area contributed by atoms with Gasteiger partial charge < -0.3 is 10.4 Å². The van der Waals surface area contributed by atoms with Crippen molar-refractivity contribution in [3.8, 4) is 0 Å². The number of rotatable bonds is 6. The number of nitrogens with one attached hydrogen (secondary N) is 1. The summed E-state index contributed by atoms with van der Waals surface area (Å²) < 4.78 is 1.80. The average Bonchev–Trinajstić information content (AvgIpc) is 2.86. The maximum atomic E-state index is 8.78. The molecule has 0 amide bonds. The second-order valence-electron chi connectivity index (χ2n) is 5.90. The van der Waals surface area contributed by atoms with E-state index >= 15 is 0 Å². The van der Waals surface area contributed by atoms with Crippen LogP contribution in [-0.4, -0.2) is 32.7 Å². The Hall–Kier alpha value is -0.940. The van der Waals surface area contributed by atoms with Crippen molar-refractivity contribution < 1.29 is 5.11 Å². The molecule has 2 rings (SSSR count). The van der Waals surface area contributed by atoms with Crippen LogP contribution in [0.15, 0.2) is 6.20 Å². The molecule has 1 fully saturated rings. The minimum atomic E-state index is 0.200. The van der Waals surface area contributed by atoms with E-state index < -0.39 is 0 Å². The van der Waals surface area contributed by atoms with Crippen molar-refractivity contribution >= 4 is 0 Å². The van der Waals surface area contributed by atoms with Crippen LogP contribution < -0.4 is 5.32 Å². The zero-order chi connectivity index (χ0) is 13.7. The molecule has 1 heterocycles. The Morgan fingerprint density at radius 2 is 2.21 bits per heavy atom. The largest absolute Gasteiger partial charge is 0.396 e. The standard InChI is InChI=1S/C14H26N4O/c1-11-4-5-13(8-12(11)2)15-9-14-10-18(17-16-14)6-3-7-19/h10-13,15,19H,3-9H2,1-2H3. The number of nitrogens with zero attached hydrogens (tertiary/aromatic N) is 3. The lowest BCUT2D eigenvalue weighted by molar-refractivity contribution is 0.225. The van der Waals surface area contributed by atoms with E-state index in [9.17, 15) is 0 Å². The lowest BCUT2D eigenvalue weighted by Crippen LogP contribution is -2.35. The molecule has 0 spiro atoms. The molecule has 1 aliphatic rings. The minimum Gasteiger partial charge on any atom is -0.396 e. The van der Waals surface area contributed by atoms with Crippen LogP contribution in [0.4, 0.5) is 0 Å². The van der Waals surface area contributed by atoms with Crippen LogP contribution in [0, 0.1) is 11.8 Å². The van der Waals surface area contributed by atoms with Gasteiger partial charge in [0.15, 0.2) is 0 Å². The van der Waals surface area contributed by atoms with E-state index in [-0.39, 0.29) is 6.61 Å². The summed E-state index contributed by atoms with van der Waals surface area (Å²) in [5.74, 6) is 1.67. The van der Waals surface area contributed by atoms with E-state index in [0.717, 1.165) is 37.0 Å². The van der Waals surface area contributed by atoms with Gasteiger partial charge in [-0.3, -0.25) is 4.68 Å². The average molecular weight is 266 g/mol. The summed E-state index contributed by atoms with van der Waals surface area (Å²) >= 11 is 0. The number of hydrogen-bond donors (Lipinski definition) is 2. The minimum absolute atomic E-state index is 0.200. The highest BCUT2D eigenvalue weighted by Crippen LogP contribution is 2.29. The fourth-order valence-electron chi connectivity index (χ4n) is 2.74. The van der Waals surface area contributed by atoms with Crippen LogP contribution in [0.2, 0.25) is 0 Å². The smallest absolute Gasteiger partial charge is 0.0964 e. The van der Waals surface area contributed by atoms with Gasteiger partial charge in [-0.1, -0.05) is 19.1 Å². The van der Waals surface area contributed by atoms with Crippen molar-refractivity contribution in [3.05, 3.63) is 11.9 Å². The fraction of sp³-hybridized carbons (Fsp3) is 0.857. The second-order valence-corrected chi connectivity index (χ2v) is 5.90. The highest BCUT2D eigenvalue weighted by atomic mass is 16.3. The van der Waals surface area contributed by atoms with Gasteiger partial charge in [0.2, 0.25) is 0 Å². The van der Waals surface area contributed by atoms with Crippen LogP contribution in [0.3, 0.4) is 0 Å². The number of aryl methyl sites for hydroxylation is 1. The van der Waals surface area contributed by atoms with Gasteiger partial charge in [0.1, 0.15) is 0 Å². The Morgan fingerprint density at radius 1 is 1.37 bits per heavy atom. The van der Waals surface area contributed by atoms with Gasteiger partial charge in [-0.25, -0.2) is 0 Å². The maximum absolute atomic E-state index is 8.78. The normalized spacial score (nSPS) is 27.6. The van der Waals surface area contributed by atoms with Crippen LogP contribution >= 0.6 is 0 Å². The predicted molar refractivity (Wildman–Crippen MR) is 74.5 cm³/mol. The Balaban J connectivity index is 1.74. The third kappa shape index (κ3) is 4.28. The molecule has 1 aromatic heterocycles. The first kappa shape index (κ1) is 14.5. The number of aliphatic hydroxyl groups is 1. The van der Waals surface area contributed by atoms with Crippen molar-refractivity contribution in [1.82, 2.24) is 20.3 Å². The van der Waals surface area contributed by atoms with E-state index in [0.29, 0.717) is 6.04 Å². The molecule has 3 unspecified atom stereocenters. The van der Waals surface area contributed by atoms with E-state index in [1.807, 2.05) is 6.20 Å². The quantitative estimate of drug-likeness (QED) is 0.820. The van der Waals surface area contributed by atoms with Crippen LogP contribution in [0.1, 0.15) is 45.2 Å². The summed E-state index contributed by atoms with van der Waals surface area (Å²) in [4.78, 5) is 0. The van der Waals surface area contributed by atoms with Crippen molar-refractivity contribution in [3.63, 3.8) is 0 Å². The first-order valence-corrected chi connectivity index (χ1v) is 7.42. The van der Waals surface area contributed by atoms with E-state index in [2.05, 4.69) is 29.5 Å². The summed E-state index contributed by atoms with van der Waals surface area (Å²) in [6, 6.07) is 0.619. The fourth-order valence-corrected chi connectivity index (χ4v) is 2.74. The first-order chi connectivity index (χ1) is 9.19. The lowest BCUT2D eigenvalue weighted by Gasteiger charge is -2.32. The van der Waals surface area contributed by atoms with Crippen molar-refractivity contribution in [2.45, 2.75) is 58.7 Å². The molecular weight excluding hydrogens is 240 g/mol. The van der Waals surface area contributed by atoms with Crippen molar-refractivity contribution in [2.24, 2.45) is 11.8 Å². The molecule has 1 saturated carbocycles. The number of aromatic nitrogens is 3. The molecule has 0 bridgehead atoms. The Morgan fingerprint density at radius 3 is 2.95 bits per heavy atom. The number of hydrogen-bond acceptors (Lipinski definition) is 4. The maximum Gasteiger partial charge on any atom is 0.0964 e. The first-order valence-electron chi connectivity index (χ1n) is 7.42. The molecule has 0 saturated heterocycles. The molecule has 0 aliphatic heterocycles. The van der Waals surface area contributed by atoms with E-state index in [4.69, 9.17) is 5.11 Å². The molecule has 2 N–H and O–H groups in total. The summed E-state index contributed by atoms with van der Waals surface area (Å²) in [5, 5.41) is 20.6. The predicted octanol–water partition coefficient (Wildman–Crippen LogP) is 1.57. The Bertz CT molecular complexity index is 379. The zero-order valence-corrected chi connectivity index (χ0v) is 12.0. The van der Waals surface area contributed by atoms with Gasteiger partial charge in [0.25, 0.3) is 0 Å². The molecular formula is C14H26N4O. The topological polar surface area (TPSA) is 63.0 Å².